The van der Waals surface area contributed by atoms with Crippen LogP contribution in [-0.4, -0.2) is 34.4 Å². The Bertz CT molecular complexity index is 375. The van der Waals surface area contributed by atoms with Crippen LogP contribution in [0.2, 0.25) is 0 Å². The molecule has 0 aliphatic heterocycles. The number of hydrogen-bond acceptors (Lipinski definition) is 8. The average molecular weight is 245 g/mol. The number of hydrazine groups is 1. The van der Waals surface area contributed by atoms with E-state index in [0.29, 0.717) is 12.4 Å². The maximum Gasteiger partial charge on any atom is 0.344 e. The monoisotopic (exact) mass is 245 g/mol. The number of nitrogens with one attached hydrogen (secondary N) is 1. The van der Waals surface area contributed by atoms with Crippen LogP contribution in [0.25, 0.3) is 0 Å². The molecule has 0 atom stereocenters. The number of methoxy groups -OCH3 is 1. The lowest BCUT2D eigenvalue weighted by Crippen LogP contribution is -2.12. The van der Waals surface area contributed by atoms with Crippen molar-refractivity contribution in [2.24, 2.45) is 5.84 Å². The van der Waals surface area contributed by atoms with Gasteiger partial charge in [-0.2, -0.15) is 0 Å². The third-order valence-electron chi connectivity index (χ3n) is 1.63. The standard InChI is InChI=1S/C7H11N5O3S/c1-15-2-3-16-7-5(12(13)14)6(11-8)9-4-10-7/h4H,2-3,8H2,1H3,(H,9,10,11). The molecule has 16 heavy (non-hydrogen) atoms. The first-order valence-corrected chi connectivity index (χ1v) is 5.27. The van der Waals surface area contributed by atoms with Crippen LogP contribution in [0.15, 0.2) is 11.4 Å². The van der Waals surface area contributed by atoms with Gasteiger partial charge in [0.25, 0.3) is 0 Å². The van der Waals surface area contributed by atoms with Gasteiger partial charge in [-0.3, -0.25) is 10.1 Å². The highest BCUT2D eigenvalue weighted by atomic mass is 32.2. The molecule has 0 bridgehead atoms. The van der Waals surface area contributed by atoms with Gasteiger partial charge in [-0.05, 0) is 0 Å². The second-order valence-electron chi connectivity index (χ2n) is 2.62. The molecule has 8 nitrogen and oxygen atoms in total. The van der Waals surface area contributed by atoms with Crippen molar-refractivity contribution >= 4 is 23.3 Å². The summed E-state index contributed by atoms with van der Waals surface area (Å²) in [5.41, 5.74) is 1.95. The van der Waals surface area contributed by atoms with Crippen molar-refractivity contribution in [3.8, 4) is 0 Å². The van der Waals surface area contributed by atoms with Gasteiger partial charge in [0.1, 0.15) is 6.33 Å². The number of aromatic nitrogens is 2. The van der Waals surface area contributed by atoms with Gasteiger partial charge < -0.3 is 10.2 Å². The Morgan fingerprint density at radius 1 is 1.69 bits per heavy atom. The second-order valence-corrected chi connectivity index (χ2v) is 3.70. The molecular weight excluding hydrogens is 234 g/mol. The number of anilines is 1. The van der Waals surface area contributed by atoms with Gasteiger partial charge in [-0.25, -0.2) is 15.8 Å². The third kappa shape index (κ3) is 3.02. The number of rotatable bonds is 6. The second kappa shape index (κ2) is 6.20. The van der Waals surface area contributed by atoms with Crippen molar-refractivity contribution < 1.29 is 9.66 Å². The first-order chi connectivity index (χ1) is 7.70. The Morgan fingerprint density at radius 3 is 3.00 bits per heavy atom. The normalized spacial score (nSPS) is 10.1. The van der Waals surface area contributed by atoms with Gasteiger partial charge in [0.2, 0.25) is 5.82 Å². The molecule has 0 saturated heterocycles. The molecule has 0 amide bonds. The van der Waals surface area contributed by atoms with Crippen molar-refractivity contribution in [3.05, 3.63) is 16.4 Å². The summed E-state index contributed by atoms with van der Waals surface area (Å²) >= 11 is 1.22. The van der Waals surface area contributed by atoms with Crippen molar-refractivity contribution in [1.82, 2.24) is 9.97 Å². The molecule has 1 aromatic heterocycles. The Morgan fingerprint density at radius 2 is 2.44 bits per heavy atom. The number of hydrogen-bond donors (Lipinski definition) is 2. The van der Waals surface area contributed by atoms with E-state index < -0.39 is 4.92 Å². The molecular formula is C7H11N5O3S. The van der Waals surface area contributed by atoms with Crippen molar-refractivity contribution in [2.45, 2.75) is 5.03 Å². The fourth-order valence-corrected chi connectivity index (χ4v) is 1.83. The minimum atomic E-state index is -0.565. The number of thioether (sulfide) groups is 1. The lowest BCUT2D eigenvalue weighted by Gasteiger charge is -2.04. The highest BCUT2D eigenvalue weighted by Crippen LogP contribution is 2.31. The maximum atomic E-state index is 10.8. The minimum Gasteiger partial charge on any atom is -0.384 e. The lowest BCUT2D eigenvalue weighted by molar-refractivity contribution is -0.387. The van der Waals surface area contributed by atoms with E-state index in [0.717, 1.165) is 0 Å². The molecule has 0 unspecified atom stereocenters. The third-order valence-corrected chi connectivity index (χ3v) is 2.58. The van der Waals surface area contributed by atoms with Gasteiger partial charge >= 0.3 is 5.69 Å². The molecule has 0 aromatic carbocycles. The summed E-state index contributed by atoms with van der Waals surface area (Å²) in [7, 11) is 1.56. The number of nitrogens with two attached hydrogens (primary N) is 1. The first-order valence-electron chi connectivity index (χ1n) is 4.28. The Kier molecular flexibility index (Phi) is 4.89. The van der Waals surface area contributed by atoms with Crippen LogP contribution in [0.1, 0.15) is 0 Å². The van der Waals surface area contributed by atoms with E-state index in [9.17, 15) is 10.1 Å². The Hall–Kier alpha value is -1.45. The van der Waals surface area contributed by atoms with E-state index in [1.165, 1.54) is 18.1 Å². The topological polar surface area (TPSA) is 116 Å². The summed E-state index contributed by atoms with van der Waals surface area (Å²) in [4.78, 5) is 17.8. The molecule has 9 heteroatoms. The SMILES string of the molecule is COCCSc1ncnc(NN)c1[N+](=O)[O-]. The maximum absolute atomic E-state index is 10.8. The molecule has 0 saturated carbocycles. The summed E-state index contributed by atoms with van der Waals surface area (Å²) in [6.45, 7) is 0.483. The molecule has 0 aliphatic carbocycles. The molecule has 0 radical (unpaired) electrons. The summed E-state index contributed by atoms with van der Waals surface area (Å²) in [5.74, 6) is 5.70. The van der Waals surface area contributed by atoms with E-state index in [1.807, 2.05) is 0 Å². The highest BCUT2D eigenvalue weighted by molar-refractivity contribution is 7.99. The van der Waals surface area contributed by atoms with Crippen LogP contribution in [0.5, 0.6) is 0 Å². The van der Waals surface area contributed by atoms with E-state index in [2.05, 4.69) is 15.4 Å². The quantitative estimate of drug-likeness (QED) is 0.185. The predicted molar refractivity (Wildman–Crippen MR) is 59.1 cm³/mol. The molecule has 0 aliphatic rings. The van der Waals surface area contributed by atoms with Gasteiger partial charge in [0.05, 0.1) is 11.5 Å². The van der Waals surface area contributed by atoms with E-state index >= 15 is 0 Å². The first kappa shape index (κ1) is 12.6. The number of nitrogen functional groups attached to an aromatic ring is 1. The fourth-order valence-electron chi connectivity index (χ4n) is 0.960. The van der Waals surface area contributed by atoms with Crippen LogP contribution in [-0.2, 0) is 4.74 Å². The van der Waals surface area contributed by atoms with E-state index in [-0.39, 0.29) is 16.5 Å². The van der Waals surface area contributed by atoms with E-state index in [1.54, 1.807) is 7.11 Å². The number of ether oxygens (including phenoxy) is 1. The van der Waals surface area contributed by atoms with E-state index in [4.69, 9.17) is 10.6 Å². The molecule has 1 rings (SSSR count). The molecule has 0 fully saturated rings. The summed E-state index contributed by atoms with van der Waals surface area (Å²) in [5, 5.41) is 11.1. The van der Waals surface area contributed by atoms with Crippen LogP contribution in [0.3, 0.4) is 0 Å². The molecule has 3 N–H and O–H groups in total. The summed E-state index contributed by atoms with van der Waals surface area (Å²) in [6.07, 6.45) is 1.22. The summed E-state index contributed by atoms with van der Waals surface area (Å²) < 4.78 is 4.85. The predicted octanol–water partition coefficient (Wildman–Crippen LogP) is 0.409. The number of nitrogens with zero attached hydrogens (tertiary/aromatic N) is 3. The minimum absolute atomic E-state index is 0.0000770. The van der Waals surface area contributed by atoms with Crippen LogP contribution < -0.4 is 11.3 Å². The molecule has 1 aromatic rings. The van der Waals surface area contributed by atoms with Gasteiger partial charge in [-0.1, -0.05) is 11.8 Å². The smallest absolute Gasteiger partial charge is 0.344 e. The number of nitro groups is 1. The van der Waals surface area contributed by atoms with Crippen molar-refractivity contribution in [1.29, 1.82) is 0 Å². The molecule has 0 spiro atoms. The Labute approximate surface area is 95.7 Å². The largest absolute Gasteiger partial charge is 0.384 e. The highest BCUT2D eigenvalue weighted by Gasteiger charge is 2.22. The Balaban J connectivity index is 2.93. The fraction of sp³-hybridized carbons (Fsp3) is 0.429. The van der Waals surface area contributed by atoms with Crippen molar-refractivity contribution in [3.63, 3.8) is 0 Å². The zero-order chi connectivity index (χ0) is 12.0. The molecule has 88 valence electrons. The van der Waals surface area contributed by atoms with Crippen LogP contribution in [0.4, 0.5) is 11.5 Å². The van der Waals surface area contributed by atoms with Crippen LogP contribution in [0, 0.1) is 10.1 Å². The van der Waals surface area contributed by atoms with Gasteiger partial charge in [-0.15, -0.1) is 0 Å². The summed E-state index contributed by atoms with van der Waals surface area (Å²) in [6, 6.07) is 0. The van der Waals surface area contributed by atoms with Gasteiger partial charge in [0, 0.05) is 12.9 Å². The van der Waals surface area contributed by atoms with Crippen molar-refractivity contribution in [2.75, 3.05) is 24.9 Å². The zero-order valence-electron chi connectivity index (χ0n) is 8.54. The molecule has 1 heterocycles. The van der Waals surface area contributed by atoms with Gasteiger partial charge in [0.15, 0.2) is 5.03 Å². The zero-order valence-corrected chi connectivity index (χ0v) is 9.36. The van der Waals surface area contributed by atoms with Crippen LogP contribution >= 0.6 is 11.8 Å². The lowest BCUT2D eigenvalue weighted by atomic mass is 10.5. The average Bonchev–Trinajstić information content (AvgIpc) is 2.28.